The summed E-state index contributed by atoms with van der Waals surface area (Å²) in [6.07, 6.45) is 6.83. The lowest BCUT2D eigenvalue weighted by atomic mass is 9.77. The summed E-state index contributed by atoms with van der Waals surface area (Å²) in [5.74, 6) is -0.0649. The molecular weight excluding hydrogens is 250 g/mol. The Kier molecular flexibility index (Phi) is 5.36. The van der Waals surface area contributed by atoms with Crippen LogP contribution in [0.2, 0.25) is 0 Å². The Bertz CT molecular complexity index is 447. The molecule has 0 aliphatic carbocycles. The fraction of sp³-hybridized carbons (Fsp3) is 0.471. The lowest BCUT2D eigenvalue weighted by Crippen LogP contribution is -2.46. The van der Waals surface area contributed by atoms with Crippen molar-refractivity contribution >= 4 is 12.0 Å². The molecule has 1 unspecified atom stereocenters. The molecule has 20 heavy (non-hydrogen) atoms. The van der Waals surface area contributed by atoms with Gasteiger partial charge in [0.05, 0.1) is 12.0 Å². The van der Waals surface area contributed by atoms with Crippen LogP contribution in [0.1, 0.15) is 31.7 Å². The van der Waals surface area contributed by atoms with Crippen LogP contribution in [0.25, 0.3) is 6.08 Å². The van der Waals surface area contributed by atoms with E-state index in [2.05, 4.69) is 29.6 Å². The summed E-state index contributed by atoms with van der Waals surface area (Å²) in [7, 11) is 0. The maximum absolute atomic E-state index is 12.3. The predicted molar refractivity (Wildman–Crippen MR) is 81.3 cm³/mol. The Hall–Kier alpha value is -1.61. The minimum atomic E-state index is -0.389. The third-order valence-electron chi connectivity index (χ3n) is 3.80. The summed E-state index contributed by atoms with van der Waals surface area (Å²) < 4.78 is 5.27. The van der Waals surface area contributed by atoms with E-state index in [-0.39, 0.29) is 11.4 Å². The number of benzene rings is 1. The van der Waals surface area contributed by atoms with Gasteiger partial charge in [-0.15, -0.1) is 0 Å². The standard InChI is InChI=1S/C17H23NO2/c1-2-20-16(19)17(12-7-13-18-14-17)11-6-10-15-8-4-3-5-9-15/h3-6,8-10,18H,2,7,11-14H2,1H3/b10-6+. The Labute approximate surface area is 121 Å². The van der Waals surface area contributed by atoms with Gasteiger partial charge in [-0.25, -0.2) is 0 Å². The lowest BCUT2D eigenvalue weighted by molar-refractivity contribution is -0.156. The topological polar surface area (TPSA) is 38.3 Å². The van der Waals surface area contributed by atoms with Gasteiger partial charge in [-0.2, -0.15) is 0 Å². The summed E-state index contributed by atoms with van der Waals surface area (Å²) >= 11 is 0. The zero-order valence-corrected chi connectivity index (χ0v) is 12.1. The summed E-state index contributed by atoms with van der Waals surface area (Å²) in [6.45, 7) is 4.01. The van der Waals surface area contributed by atoms with Gasteiger partial charge in [0, 0.05) is 6.54 Å². The second kappa shape index (κ2) is 7.25. The Balaban J connectivity index is 2.04. The molecule has 1 fully saturated rings. The van der Waals surface area contributed by atoms with E-state index in [1.165, 1.54) is 0 Å². The van der Waals surface area contributed by atoms with Crippen molar-refractivity contribution in [3.63, 3.8) is 0 Å². The smallest absolute Gasteiger partial charge is 0.313 e. The fourth-order valence-electron chi connectivity index (χ4n) is 2.67. The first-order chi connectivity index (χ1) is 9.77. The molecule has 108 valence electrons. The number of piperidine rings is 1. The van der Waals surface area contributed by atoms with Gasteiger partial charge in [0.25, 0.3) is 0 Å². The third-order valence-corrected chi connectivity index (χ3v) is 3.80. The van der Waals surface area contributed by atoms with Crippen molar-refractivity contribution in [3.8, 4) is 0 Å². The maximum atomic E-state index is 12.3. The predicted octanol–water partition coefficient (Wildman–Crippen LogP) is 3.02. The molecule has 0 bridgehead atoms. The fourth-order valence-corrected chi connectivity index (χ4v) is 2.67. The second-order valence-corrected chi connectivity index (χ2v) is 5.30. The van der Waals surface area contributed by atoms with Crippen molar-refractivity contribution in [2.24, 2.45) is 5.41 Å². The van der Waals surface area contributed by atoms with E-state index in [1.54, 1.807) is 0 Å². The Morgan fingerprint density at radius 2 is 2.20 bits per heavy atom. The van der Waals surface area contributed by atoms with Crippen molar-refractivity contribution in [1.82, 2.24) is 5.32 Å². The highest BCUT2D eigenvalue weighted by Crippen LogP contribution is 2.32. The van der Waals surface area contributed by atoms with Gasteiger partial charge in [0.2, 0.25) is 0 Å². The SMILES string of the molecule is CCOC(=O)C1(C/C=C/c2ccccc2)CCCNC1. The van der Waals surface area contributed by atoms with E-state index >= 15 is 0 Å². The van der Waals surface area contributed by atoms with E-state index in [4.69, 9.17) is 4.74 Å². The summed E-state index contributed by atoms with van der Waals surface area (Å²) in [6, 6.07) is 10.2. The van der Waals surface area contributed by atoms with Crippen molar-refractivity contribution in [1.29, 1.82) is 0 Å². The van der Waals surface area contributed by atoms with Gasteiger partial charge in [0.1, 0.15) is 0 Å². The zero-order valence-electron chi connectivity index (χ0n) is 12.1. The first kappa shape index (κ1) is 14.8. The molecule has 1 aliphatic heterocycles. The molecule has 3 nitrogen and oxygen atoms in total. The molecule has 0 aromatic heterocycles. The van der Waals surface area contributed by atoms with Gasteiger partial charge in [0.15, 0.2) is 0 Å². The molecule has 1 aromatic rings. The molecule has 1 atom stereocenters. The van der Waals surface area contributed by atoms with Crippen LogP contribution in [-0.2, 0) is 9.53 Å². The van der Waals surface area contributed by atoms with Crippen LogP contribution >= 0.6 is 0 Å². The van der Waals surface area contributed by atoms with Crippen molar-refractivity contribution in [2.45, 2.75) is 26.2 Å². The molecule has 0 saturated carbocycles. The van der Waals surface area contributed by atoms with Crippen LogP contribution in [0.4, 0.5) is 0 Å². The maximum Gasteiger partial charge on any atom is 0.313 e. The monoisotopic (exact) mass is 273 g/mol. The average molecular weight is 273 g/mol. The largest absolute Gasteiger partial charge is 0.466 e. The number of carbonyl (C=O) groups excluding carboxylic acids is 1. The van der Waals surface area contributed by atoms with Crippen molar-refractivity contribution in [2.75, 3.05) is 19.7 Å². The minimum absolute atomic E-state index is 0.0649. The average Bonchev–Trinajstić information content (AvgIpc) is 2.49. The summed E-state index contributed by atoms with van der Waals surface area (Å²) in [5, 5.41) is 3.33. The van der Waals surface area contributed by atoms with Gasteiger partial charge in [-0.1, -0.05) is 42.5 Å². The second-order valence-electron chi connectivity index (χ2n) is 5.30. The first-order valence-electron chi connectivity index (χ1n) is 7.36. The van der Waals surface area contributed by atoms with Gasteiger partial charge >= 0.3 is 5.97 Å². The number of hydrogen-bond acceptors (Lipinski definition) is 3. The highest BCUT2D eigenvalue weighted by atomic mass is 16.5. The minimum Gasteiger partial charge on any atom is -0.466 e. The number of carbonyl (C=O) groups is 1. The lowest BCUT2D eigenvalue weighted by Gasteiger charge is -2.34. The van der Waals surface area contributed by atoms with E-state index < -0.39 is 0 Å². The molecular formula is C17H23NO2. The Morgan fingerprint density at radius 3 is 2.85 bits per heavy atom. The number of nitrogens with one attached hydrogen (secondary N) is 1. The van der Waals surface area contributed by atoms with Gasteiger partial charge < -0.3 is 10.1 Å². The molecule has 1 aliphatic rings. The quantitative estimate of drug-likeness (QED) is 0.838. The van der Waals surface area contributed by atoms with Gasteiger partial charge in [-0.05, 0) is 38.3 Å². The van der Waals surface area contributed by atoms with E-state index in [9.17, 15) is 4.79 Å². The van der Waals surface area contributed by atoms with E-state index in [0.717, 1.165) is 31.4 Å². The molecule has 3 heteroatoms. The first-order valence-corrected chi connectivity index (χ1v) is 7.36. The van der Waals surface area contributed by atoms with Crippen LogP contribution in [0, 0.1) is 5.41 Å². The number of rotatable bonds is 5. The normalized spacial score (nSPS) is 22.9. The molecule has 2 rings (SSSR count). The number of esters is 1. The van der Waals surface area contributed by atoms with Crippen LogP contribution in [-0.4, -0.2) is 25.7 Å². The molecule has 0 amide bonds. The van der Waals surface area contributed by atoms with Gasteiger partial charge in [-0.3, -0.25) is 4.79 Å². The van der Waals surface area contributed by atoms with E-state index in [0.29, 0.717) is 13.2 Å². The molecule has 1 aromatic carbocycles. The van der Waals surface area contributed by atoms with Crippen LogP contribution in [0.3, 0.4) is 0 Å². The third kappa shape index (κ3) is 3.70. The number of hydrogen-bond donors (Lipinski definition) is 1. The van der Waals surface area contributed by atoms with Crippen molar-refractivity contribution in [3.05, 3.63) is 42.0 Å². The molecule has 0 radical (unpaired) electrons. The Morgan fingerprint density at radius 1 is 1.40 bits per heavy atom. The molecule has 1 N–H and O–H groups in total. The number of allylic oxidation sites excluding steroid dienone is 1. The highest BCUT2D eigenvalue weighted by Gasteiger charge is 2.39. The highest BCUT2D eigenvalue weighted by molar-refractivity contribution is 5.77. The zero-order chi connectivity index (χ0) is 14.3. The summed E-state index contributed by atoms with van der Waals surface area (Å²) in [4.78, 5) is 12.3. The van der Waals surface area contributed by atoms with Crippen LogP contribution in [0.15, 0.2) is 36.4 Å². The number of ether oxygens (including phenoxy) is 1. The molecule has 0 spiro atoms. The van der Waals surface area contributed by atoms with E-state index in [1.807, 2.05) is 25.1 Å². The molecule has 1 saturated heterocycles. The van der Waals surface area contributed by atoms with Crippen molar-refractivity contribution < 1.29 is 9.53 Å². The van der Waals surface area contributed by atoms with Crippen LogP contribution in [0.5, 0.6) is 0 Å². The molecule has 1 heterocycles. The summed E-state index contributed by atoms with van der Waals surface area (Å²) in [5.41, 5.74) is 0.773. The van der Waals surface area contributed by atoms with Crippen LogP contribution < -0.4 is 5.32 Å².